The highest BCUT2D eigenvalue weighted by Crippen LogP contribution is 2.36. The van der Waals surface area contributed by atoms with Crippen molar-refractivity contribution in [2.75, 3.05) is 6.61 Å². The molecular weight excluding hydrogens is 302 g/mol. The lowest BCUT2D eigenvalue weighted by Crippen LogP contribution is -2.11. The highest BCUT2D eigenvalue weighted by molar-refractivity contribution is 9.10. The van der Waals surface area contributed by atoms with Crippen LogP contribution in [0.1, 0.15) is 56.3 Å². The van der Waals surface area contributed by atoms with Crippen LogP contribution in [0.25, 0.3) is 10.9 Å². The van der Waals surface area contributed by atoms with E-state index in [1.54, 1.807) is 0 Å². The van der Waals surface area contributed by atoms with E-state index < -0.39 is 0 Å². The molecule has 3 rings (SSSR count). The summed E-state index contributed by atoms with van der Waals surface area (Å²) in [5.41, 5.74) is 3.89. The van der Waals surface area contributed by atoms with Gasteiger partial charge >= 0.3 is 0 Å². The van der Waals surface area contributed by atoms with Gasteiger partial charge in [-0.05, 0) is 64.4 Å². The molecule has 19 heavy (non-hydrogen) atoms. The summed E-state index contributed by atoms with van der Waals surface area (Å²) in [5.74, 6) is 0.505. The number of hydrogen-bond donors (Lipinski definition) is 1. The van der Waals surface area contributed by atoms with Crippen LogP contribution in [0.2, 0.25) is 0 Å². The first-order chi connectivity index (χ1) is 9.16. The fraction of sp³-hybridized carbons (Fsp3) is 0.500. The zero-order valence-electron chi connectivity index (χ0n) is 11.5. The molecule has 2 nitrogen and oxygen atoms in total. The molecule has 1 aromatic heterocycles. The van der Waals surface area contributed by atoms with Crippen LogP contribution in [-0.4, -0.2) is 11.6 Å². The lowest BCUT2D eigenvalue weighted by atomic mass is 9.97. The van der Waals surface area contributed by atoms with Crippen molar-refractivity contribution in [1.29, 1.82) is 0 Å². The third kappa shape index (κ3) is 2.46. The second-order valence-corrected chi connectivity index (χ2v) is 6.46. The number of benzene rings is 1. The lowest BCUT2D eigenvalue weighted by Gasteiger charge is -2.23. The normalized spacial score (nSPS) is 20.3. The lowest BCUT2D eigenvalue weighted by molar-refractivity contribution is 0.0150. The van der Waals surface area contributed by atoms with Crippen LogP contribution < -0.4 is 0 Å². The van der Waals surface area contributed by atoms with Gasteiger partial charge in [-0.1, -0.05) is 19.9 Å². The first-order valence-electron chi connectivity index (χ1n) is 7.09. The van der Waals surface area contributed by atoms with Crippen molar-refractivity contribution in [3.05, 3.63) is 33.9 Å². The van der Waals surface area contributed by atoms with Gasteiger partial charge in [-0.15, -0.1) is 0 Å². The van der Waals surface area contributed by atoms with Gasteiger partial charge in [0.05, 0.1) is 10.7 Å². The van der Waals surface area contributed by atoms with Crippen LogP contribution in [-0.2, 0) is 4.74 Å². The molecule has 0 saturated carbocycles. The minimum atomic E-state index is 0.284. The molecule has 1 N–H and O–H groups in total. The number of ether oxygens (including phenoxy) is 1. The summed E-state index contributed by atoms with van der Waals surface area (Å²) in [6.07, 6.45) is 3.91. The maximum absolute atomic E-state index is 5.90. The number of halogens is 1. The van der Waals surface area contributed by atoms with Gasteiger partial charge in [-0.3, -0.25) is 0 Å². The molecule has 0 bridgehead atoms. The molecule has 1 aliphatic rings. The highest BCUT2D eigenvalue weighted by Gasteiger charge is 2.18. The Balaban J connectivity index is 2.05. The van der Waals surface area contributed by atoms with Gasteiger partial charge in [0.2, 0.25) is 0 Å². The molecule has 1 unspecified atom stereocenters. The zero-order chi connectivity index (χ0) is 13.4. The molecule has 0 amide bonds. The Morgan fingerprint density at radius 1 is 1.32 bits per heavy atom. The van der Waals surface area contributed by atoms with E-state index in [0.717, 1.165) is 17.6 Å². The SMILES string of the molecule is CC(C)c1c(Br)[nH]c2ccc(C3CCCCO3)cc12. The number of aromatic amines is 1. The van der Waals surface area contributed by atoms with E-state index in [9.17, 15) is 0 Å². The number of nitrogens with one attached hydrogen (secondary N) is 1. The third-order valence-corrected chi connectivity index (χ3v) is 4.57. The molecule has 1 atom stereocenters. The minimum absolute atomic E-state index is 0.284. The second-order valence-electron chi connectivity index (χ2n) is 5.67. The van der Waals surface area contributed by atoms with Crippen molar-refractivity contribution in [1.82, 2.24) is 4.98 Å². The zero-order valence-corrected chi connectivity index (χ0v) is 13.1. The van der Waals surface area contributed by atoms with E-state index in [1.807, 2.05) is 0 Å². The van der Waals surface area contributed by atoms with Crippen LogP contribution in [0, 0.1) is 0 Å². The number of H-pyrrole nitrogens is 1. The summed E-state index contributed by atoms with van der Waals surface area (Å²) in [6.45, 7) is 5.37. The number of rotatable bonds is 2. The van der Waals surface area contributed by atoms with Crippen molar-refractivity contribution in [3.8, 4) is 0 Å². The molecule has 3 heteroatoms. The maximum atomic E-state index is 5.90. The van der Waals surface area contributed by atoms with Gasteiger partial charge in [0.25, 0.3) is 0 Å². The summed E-state index contributed by atoms with van der Waals surface area (Å²) >= 11 is 3.64. The van der Waals surface area contributed by atoms with E-state index in [4.69, 9.17) is 4.74 Å². The van der Waals surface area contributed by atoms with Crippen molar-refractivity contribution < 1.29 is 4.74 Å². The summed E-state index contributed by atoms with van der Waals surface area (Å²) in [5, 5.41) is 1.33. The fourth-order valence-corrected chi connectivity index (χ4v) is 3.85. The molecule has 0 radical (unpaired) electrons. The minimum Gasteiger partial charge on any atom is -0.374 e. The smallest absolute Gasteiger partial charge is 0.0866 e. The molecule has 1 aromatic carbocycles. The Kier molecular flexibility index (Phi) is 3.68. The average Bonchev–Trinajstić information content (AvgIpc) is 2.74. The van der Waals surface area contributed by atoms with Gasteiger partial charge in [-0.2, -0.15) is 0 Å². The van der Waals surface area contributed by atoms with Gasteiger partial charge < -0.3 is 9.72 Å². The Labute approximate surface area is 122 Å². The van der Waals surface area contributed by atoms with Gasteiger partial charge in [-0.25, -0.2) is 0 Å². The number of fused-ring (bicyclic) bond motifs is 1. The van der Waals surface area contributed by atoms with E-state index in [-0.39, 0.29) is 6.10 Å². The molecule has 0 aliphatic carbocycles. The molecule has 0 spiro atoms. The fourth-order valence-electron chi connectivity index (χ4n) is 2.97. The molecule has 1 saturated heterocycles. The van der Waals surface area contributed by atoms with Gasteiger partial charge in [0, 0.05) is 17.5 Å². The number of hydrogen-bond acceptors (Lipinski definition) is 1. The monoisotopic (exact) mass is 321 g/mol. The molecule has 102 valence electrons. The van der Waals surface area contributed by atoms with Crippen LogP contribution in [0.4, 0.5) is 0 Å². The molecule has 1 aliphatic heterocycles. The van der Waals surface area contributed by atoms with Crippen LogP contribution >= 0.6 is 15.9 Å². The predicted octanol–water partition coefficient (Wildman–Crippen LogP) is 5.30. The summed E-state index contributed by atoms with van der Waals surface area (Å²) < 4.78 is 7.01. The van der Waals surface area contributed by atoms with Crippen molar-refractivity contribution in [2.24, 2.45) is 0 Å². The molecule has 1 fully saturated rings. The van der Waals surface area contributed by atoms with E-state index in [2.05, 4.69) is 53.0 Å². The predicted molar refractivity (Wildman–Crippen MR) is 82.6 cm³/mol. The largest absolute Gasteiger partial charge is 0.374 e. The topological polar surface area (TPSA) is 25.0 Å². The van der Waals surface area contributed by atoms with Crippen molar-refractivity contribution in [3.63, 3.8) is 0 Å². The highest BCUT2D eigenvalue weighted by atomic mass is 79.9. The maximum Gasteiger partial charge on any atom is 0.0866 e. The Hall–Kier alpha value is -0.800. The molecular formula is C16H20BrNO. The average molecular weight is 322 g/mol. The summed E-state index contributed by atoms with van der Waals surface area (Å²) in [6, 6.07) is 6.69. The summed E-state index contributed by atoms with van der Waals surface area (Å²) in [7, 11) is 0. The van der Waals surface area contributed by atoms with Crippen LogP contribution in [0.5, 0.6) is 0 Å². The first-order valence-corrected chi connectivity index (χ1v) is 7.88. The third-order valence-electron chi connectivity index (χ3n) is 3.94. The molecule has 2 aromatic rings. The number of aromatic nitrogens is 1. The Morgan fingerprint density at radius 2 is 2.16 bits per heavy atom. The summed E-state index contributed by atoms with van der Waals surface area (Å²) in [4.78, 5) is 3.41. The quantitative estimate of drug-likeness (QED) is 0.798. The standard InChI is InChI=1S/C16H20BrNO/c1-10(2)15-12-9-11(14-5-3-4-8-19-14)6-7-13(12)18-16(15)17/h6-7,9-10,14,18H,3-5,8H2,1-2H3. The van der Waals surface area contributed by atoms with Crippen LogP contribution in [0.3, 0.4) is 0 Å². The van der Waals surface area contributed by atoms with Crippen molar-refractivity contribution in [2.45, 2.75) is 45.1 Å². The Morgan fingerprint density at radius 3 is 2.84 bits per heavy atom. The molecule has 2 heterocycles. The van der Waals surface area contributed by atoms with E-state index in [1.165, 1.54) is 34.9 Å². The second kappa shape index (κ2) is 5.29. The van der Waals surface area contributed by atoms with Gasteiger partial charge in [0.15, 0.2) is 0 Å². The van der Waals surface area contributed by atoms with E-state index in [0.29, 0.717) is 5.92 Å². The van der Waals surface area contributed by atoms with Crippen LogP contribution in [0.15, 0.2) is 22.8 Å². The van der Waals surface area contributed by atoms with Gasteiger partial charge in [0.1, 0.15) is 0 Å². The first kappa shape index (κ1) is 13.2. The Bertz CT molecular complexity index is 582. The van der Waals surface area contributed by atoms with E-state index >= 15 is 0 Å². The van der Waals surface area contributed by atoms with Crippen molar-refractivity contribution >= 4 is 26.8 Å².